The maximum atomic E-state index is 11.9. The smallest absolute Gasteiger partial charge is 0.335 e. The Balaban J connectivity index is 1.41. The lowest BCUT2D eigenvalue weighted by molar-refractivity contribution is -0.153. The van der Waals surface area contributed by atoms with Crippen molar-refractivity contribution in [1.82, 2.24) is 9.55 Å². The molecule has 0 aliphatic heterocycles. The number of benzene rings is 2. The van der Waals surface area contributed by atoms with E-state index in [-0.39, 0.29) is 5.97 Å². The number of nitrogens with zero attached hydrogens (tertiary/aromatic N) is 3. The van der Waals surface area contributed by atoms with Crippen molar-refractivity contribution in [3.8, 4) is 5.75 Å². The summed E-state index contributed by atoms with van der Waals surface area (Å²) in [4.78, 5) is 21.9. The van der Waals surface area contributed by atoms with Crippen LogP contribution in [0.3, 0.4) is 0 Å². The number of oxime groups is 1. The highest BCUT2D eigenvalue weighted by atomic mass is 16.6. The molecule has 0 N–H and O–H groups in total. The van der Waals surface area contributed by atoms with Crippen LogP contribution in [0.1, 0.15) is 23.7 Å². The minimum absolute atomic E-state index is 0.373. The van der Waals surface area contributed by atoms with Crippen LogP contribution < -0.4 is 4.74 Å². The Morgan fingerprint density at radius 1 is 1.00 bits per heavy atom. The third kappa shape index (κ3) is 6.54. The van der Waals surface area contributed by atoms with Gasteiger partial charge in [0.2, 0.25) is 0 Å². The first-order chi connectivity index (χ1) is 18.1. The van der Waals surface area contributed by atoms with Crippen LogP contribution in [-0.4, -0.2) is 54.8 Å². The molecule has 4 rings (SSSR count). The first kappa shape index (κ1) is 25.9. The van der Waals surface area contributed by atoms with Crippen LogP contribution in [0.25, 0.3) is 11.0 Å². The van der Waals surface area contributed by atoms with Crippen LogP contribution in [0.2, 0.25) is 0 Å². The van der Waals surface area contributed by atoms with E-state index in [1.807, 2.05) is 85.9 Å². The number of carbonyl (C=O) groups excluding carboxylic acids is 1. The van der Waals surface area contributed by atoms with Gasteiger partial charge in [0.05, 0.1) is 19.3 Å². The summed E-state index contributed by atoms with van der Waals surface area (Å²) >= 11 is 0. The van der Waals surface area contributed by atoms with E-state index in [4.69, 9.17) is 24.0 Å². The van der Waals surface area contributed by atoms with Gasteiger partial charge in [-0.05, 0) is 42.8 Å². The number of hydrogen-bond acceptors (Lipinski definition) is 7. The van der Waals surface area contributed by atoms with Crippen molar-refractivity contribution in [1.29, 1.82) is 0 Å². The van der Waals surface area contributed by atoms with Crippen LogP contribution in [0.15, 0.2) is 84.1 Å². The van der Waals surface area contributed by atoms with Gasteiger partial charge in [-0.2, -0.15) is 0 Å². The standard InChI is InChI=1S/C29H31N3O5/c1-4-36-26(29(33)34-2)20-21-10-13-24(14-11-21)37-19-18-32-17-16-23-12-15-25(30-28(23)32)27(31-35-3)22-8-6-5-7-9-22/h5-17,26H,4,18-20H2,1-3H3/b31-27+. The Bertz CT molecular complexity index is 1330. The molecule has 2 aromatic heterocycles. The van der Waals surface area contributed by atoms with Crippen LogP contribution in [0.4, 0.5) is 0 Å². The lowest BCUT2D eigenvalue weighted by Crippen LogP contribution is -2.28. The molecular weight excluding hydrogens is 470 g/mol. The van der Waals surface area contributed by atoms with E-state index in [9.17, 15) is 4.79 Å². The predicted octanol–water partition coefficient (Wildman–Crippen LogP) is 4.63. The minimum atomic E-state index is -0.613. The Labute approximate surface area is 216 Å². The van der Waals surface area contributed by atoms with Crippen molar-refractivity contribution in [2.45, 2.75) is 26.0 Å². The lowest BCUT2D eigenvalue weighted by Gasteiger charge is -2.15. The maximum absolute atomic E-state index is 11.9. The average Bonchev–Trinajstić information content (AvgIpc) is 3.34. The van der Waals surface area contributed by atoms with E-state index in [2.05, 4.69) is 9.72 Å². The van der Waals surface area contributed by atoms with E-state index in [0.717, 1.165) is 33.6 Å². The summed E-state index contributed by atoms with van der Waals surface area (Å²) in [5.74, 6) is 0.376. The van der Waals surface area contributed by atoms with Crippen molar-refractivity contribution in [3.05, 3.63) is 95.8 Å². The first-order valence-electron chi connectivity index (χ1n) is 12.2. The van der Waals surface area contributed by atoms with Crippen molar-refractivity contribution < 1.29 is 23.8 Å². The second kappa shape index (κ2) is 12.7. The maximum Gasteiger partial charge on any atom is 0.335 e. The molecule has 2 heterocycles. The Morgan fingerprint density at radius 3 is 2.49 bits per heavy atom. The van der Waals surface area contributed by atoms with Crippen LogP contribution in [-0.2, 0) is 32.1 Å². The molecule has 0 bridgehead atoms. The lowest BCUT2D eigenvalue weighted by atomic mass is 10.1. The first-order valence-corrected chi connectivity index (χ1v) is 12.2. The molecule has 0 spiro atoms. The number of esters is 1. The fourth-order valence-corrected chi connectivity index (χ4v) is 4.05. The molecule has 0 saturated carbocycles. The highest BCUT2D eigenvalue weighted by Gasteiger charge is 2.19. The SMILES string of the molecule is CCOC(Cc1ccc(OCCn2ccc3ccc(/C(=N/OC)c4ccccc4)nc32)cc1)C(=O)OC. The summed E-state index contributed by atoms with van der Waals surface area (Å²) in [6.07, 6.45) is 1.84. The Kier molecular flexibility index (Phi) is 8.89. The molecule has 0 amide bonds. The molecule has 0 aliphatic rings. The second-order valence-corrected chi connectivity index (χ2v) is 8.27. The molecule has 4 aromatic rings. The third-order valence-electron chi connectivity index (χ3n) is 5.86. The topological polar surface area (TPSA) is 84.2 Å². The highest BCUT2D eigenvalue weighted by Crippen LogP contribution is 2.19. The summed E-state index contributed by atoms with van der Waals surface area (Å²) < 4.78 is 18.4. The Morgan fingerprint density at radius 2 is 1.78 bits per heavy atom. The number of pyridine rings is 1. The van der Waals surface area contributed by atoms with E-state index in [0.29, 0.717) is 31.9 Å². The van der Waals surface area contributed by atoms with Crippen LogP contribution in [0.5, 0.6) is 5.75 Å². The molecule has 192 valence electrons. The van der Waals surface area contributed by atoms with E-state index in [1.54, 1.807) is 0 Å². The number of ether oxygens (including phenoxy) is 3. The highest BCUT2D eigenvalue weighted by molar-refractivity contribution is 6.12. The molecule has 8 heteroatoms. The fraction of sp³-hybridized carbons (Fsp3) is 0.276. The fourth-order valence-electron chi connectivity index (χ4n) is 4.05. The normalized spacial score (nSPS) is 12.4. The molecule has 1 atom stereocenters. The molecule has 0 radical (unpaired) electrons. The molecule has 0 saturated heterocycles. The zero-order valence-electron chi connectivity index (χ0n) is 21.3. The van der Waals surface area contributed by atoms with Gasteiger partial charge in [-0.1, -0.05) is 47.6 Å². The monoisotopic (exact) mass is 501 g/mol. The third-order valence-corrected chi connectivity index (χ3v) is 5.86. The molecule has 8 nitrogen and oxygen atoms in total. The molecule has 1 unspecified atom stereocenters. The van der Waals surface area contributed by atoms with Gasteiger partial charge in [-0.3, -0.25) is 0 Å². The van der Waals surface area contributed by atoms with Crippen LogP contribution in [0, 0.1) is 0 Å². The number of carbonyl (C=O) groups is 1. The largest absolute Gasteiger partial charge is 0.492 e. The Hall–Kier alpha value is -4.17. The number of fused-ring (bicyclic) bond motifs is 1. The summed E-state index contributed by atoms with van der Waals surface area (Å²) in [5, 5.41) is 5.26. The summed E-state index contributed by atoms with van der Waals surface area (Å²) in [5.41, 5.74) is 4.15. The minimum Gasteiger partial charge on any atom is -0.492 e. The number of hydrogen-bond donors (Lipinski definition) is 0. The van der Waals surface area contributed by atoms with E-state index < -0.39 is 6.10 Å². The van der Waals surface area contributed by atoms with Gasteiger partial charge >= 0.3 is 5.97 Å². The summed E-state index contributed by atoms with van der Waals surface area (Å²) in [6, 6.07) is 23.5. The number of methoxy groups -OCH3 is 1. The van der Waals surface area contributed by atoms with Gasteiger partial charge < -0.3 is 23.6 Å². The van der Waals surface area contributed by atoms with Gasteiger partial charge in [-0.15, -0.1) is 0 Å². The molecule has 2 aromatic carbocycles. The second-order valence-electron chi connectivity index (χ2n) is 8.27. The quantitative estimate of drug-likeness (QED) is 0.160. The summed E-state index contributed by atoms with van der Waals surface area (Å²) in [7, 11) is 2.90. The van der Waals surface area contributed by atoms with Crippen molar-refractivity contribution in [2.24, 2.45) is 5.16 Å². The van der Waals surface area contributed by atoms with E-state index >= 15 is 0 Å². The summed E-state index contributed by atoms with van der Waals surface area (Å²) in [6.45, 7) is 3.39. The van der Waals surface area contributed by atoms with Gasteiger partial charge in [0.15, 0.2) is 6.10 Å². The molecule has 0 fully saturated rings. The van der Waals surface area contributed by atoms with Crippen molar-refractivity contribution >= 4 is 22.7 Å². The average molecular weight is 502 g/mol. The molecule has 37 heavy (non-hydrogen) atoms. The zero-order valence-corrected chi connectivity index (χ0v) is 21.3. The zero-order chi connectivity index (χ0) is 26.0. The number of aromatic nitrogens is 2. The predicted molar refractivity (Wildman–Crippen MR) is 142 cm³/mol. The number of rotatable bonds is 12. The van der Waals surface area contributed by atoms with Gasteiger partial charge in [0.1, 0.15) is 30.8 Å². The van der Waals surface area contributed by atoms with Crippen molar-refractivity contribution in [3.63, 3.8) is 0 Å². The molecular formula is C29H31N3O5. The molecule has 0 aliphatic carbocycles. The van der Waals surface area contributed by atoms with Crippen molar-refractivity contribution in [2.75, 3.05) is 27.4 Å². The van der Waals surface area contributed by atoms with Gasteiger partial charge in [-0.25, -0.2) is 9.78 Å². The van der Waals surface area contributed by atoms with E-state index in [1.165, 1.54) is 14.2 Å². The van der Waals surface area contributed by atoms with Crippen LogP contribution >= 0.6 is 0 Å². The van der Waals surface area contributed by atoms with Gasteiger partial charge in [0, 0.05) is 30.2 Å². The van der Waals surface area contributed by atoms with Gasteiger partial charge in [0.25, 0.3) is 0 Å².